The summed E-state index contributed by atoms with van der Waals surface area (Å²) in [7, 11) is 0. The molecule has 1 aromatic rings. The van der Waals surface area contributed by atoms with Gasteiger partial charge < -0.3 is 9.47 Å². The molecule has 1 fully saturated rings. The summed E-state index contributed by atoms with van der Waals surface area (Å²) in [6.45, 7) is 8.57. The Hall–Kier alpha value is -1.42. The number of hydrogen-bond donors (Lipinski definition) is 0. The Labute approximate surface area is 131 Å². The van der Waals surface area contributed by atoms with E-state index < -0.39 is 5.41 Å². The van der Waals surface area contributed by atoms with Crippen molar-refractivity contribution in [3.63, 3.8) is 0 Å². The van der Waals surface area contributed by atoms with Gasteiger partial charge in [0.1, 0.15) is 5.41 Å². The minimum Gasteiger partial charge on any atom is -0.486 e. The van der Waals surface area contributed by atoms with E-state index >= 15 is 0 Å². The summed E-state index contributed by atoms with van der Waals surface area (Å²) >= 11 is 5.45. The number of ether oxygens (including phenoxy) is 2. The van der Waals surface area contributed by atoms with Crippen molar-refractivity contribution in [1.29, 1.82) is 0 Å². The molecule has 3 nitrogen and oxygen atoms in total. The number of hydrogen-bond acceptors (Lipinski definition) is 4. The number of thiocarbonyl (C=S) groups is 1. The van der Waals surface area contributed by atoms with E-state index in [1.54, 1.807) is 0 Å². The quantitative estimate of drug-likeness (QED) is 0.613. The maximum Gasteiger partial charge on any atom is 0.321 e. The Morgan fingerprint density at radius 2 is 1.71 bits per heavy atom. The molecule has 0 spiro atoms. The summed E-state index contributed by atoms with van der Waals surface area (Å²) in [6, 6.07) is 9.97. The van der Waals surface area contributed by atoms with Crippen LogP contribution in [0, 0.1) is 10.8 Å². The van der Waals surface area contributed by atoms with Crippen LogP contribution in [0.25, 0.3) is 0 Å². The van der Waals surface area contributed by atoms with Gasteiger partial charge >= 0.3 is 5.97 Å². The highest BCUT2D eigenvalue weighted by Gasteiger charge is 2.80. The maximum absolute atomic E-state index is 12.7. The van der Waals surface area contributed by atoms with Crippen molar-refractivity contribution in [2.24, 2.45) is 10.8 Å². The molecule has 2 unspecified atom stereocenters. The number of benzene rings is 1. The van der Waals surface area contributed by atoms with Crippen molar-refractivity contribution in [3.8, 4) is 0 Å². The van der Waals surface area contributed by atoms with Crippen LogP contribution in [0.3, 0.4) is 0 Å². The molecule has 0 amide bonds. The molecule has 1 saturated carbocycles. The lowest BCUT2D eigenvalue weighted by Gasteiger charge is -2.19. The van der Waals surface area contributed by atoms with Gasteiger partial charge in [0.2, 0.25) is 0 Å². The largest absolute Gasteiger partial charge is 0.486 e. The molecule has 0 N–H and O–H groups in total. The lowest BCUT2D eigenvalue weighted by atomic mass is 9.96. The number of rotatable bonds is 5. The summed E-state index contributed by atoms with van der Waals surface area (Å²) in [5, 5.41) is 0.349. The average Bonchev–Trinajstić information content (AvgIpc) is 2.98. The highest BCUT2D eigenvalue weighted by molar-refractivity contribution is 7.80. The fraction of sp³-hybridized carbons (Fsp3) is 0.529. The molecule has 0 saturated heterocycles. The van der Waals surface area contributed by atoms with E-state index in [4.69, 9.17) is 21.7 Å². The predicted octanol–water partition coefficient (Wildman–Crippen LogP) is 3.72. The summed E-state index contributed by atoms with van der Waals surface area (Å²) < 4.78 is 10.9. The third-order valence-corrected chi connectivity index (χ3v) is 4.86. The summed E-state index contributed by atoms with van der Waals surface area (Å²) in [5.74, 6) is -0.286. The Morgan fingerprint density at radius 1 is 1.14 bits per heavy atom. The fourth-order valence-electron chi connectivity index (χ4n) is 3.41. The van der Waals surface area contributed by atoms with Crippen molar-refractivity contribution in [3.05, 3.63) is 35.9 Å². The van der Waals surface area contributed by atoms with Gasteiger partial charge in [-0.15, -0.1) is 0 Å². The van der Waals surface area contributed by atoms with Gasteiger partial charge in [0.25, 0.3) is 0 Å². The van der Waals surface area contributed by atoms with Crippen LogP contribution < -0.4 is 0 Å². The molecule has 2 atom stereocenters. The molecular weight excluding hydrogens is 284 g/mol. The molecular formula is C17H22O3S. The maximum atomic E-state index is 12.7. The molecule has 114 valence electrons. The Kier molecular flexibility index (Phi) is 4.38. The Morgan fingerprint density at radius 3 is 2.24 bits per heavy atom. The molecule has 0 bridgehead atoms. The Balaban J connectivity index is 2.46. The third kappa shape index (κ3) is 2.26. The van der Waals surface area contributed by atoms with Crippen molar-refractivity contribution >= 4 is 23.2 Å². The van der Waals surface area contributed by atoms with Gasteiger partial charge in [-0.25, -0.2) is 0 Å². The molecule has 0 heterocycles. The first-order valence-electron chi connectivity index (χ1n) is 7.33. The van der Waals surface area contributed by atoms with Gasteiger partial charge in [0.05, 0.1) is 13.2 Å². The first-order chi connectivity index (χ1) is 9.94. The molecule has 0 radical (unpaired) electrons. The molecule has 21 heavy (non-hydrogen) atoms. The van der Waals surface area contributed by atoms with Crippen LogP contribution in [0.2, 0.25) is 0 Å². The Bertz CT molecular complexity index is 518. The zero-order chi connectivity index (χ0) is 15.7. The van der Waals surface area contributed by atoms with E-state index in [0.29, 0.717) is 18.3 Å². The van der Waals surface area contributed by atoms with E-state index in [0.717, 1.165) is 5.56 Å². The zero-order valence-corrected chi connectivity index (χ0v) is 13.8. The molecule has 4 heteroatoms. The number of carbonyl (C=O) groups excluding carboxylic acids is 1. The van der Waals surface area contributed by atoms with Crippen LogP contribution in [0.4, 0.5) is 0 Å². The van der Waals surface area contributed by atoms with Crippen LogP contribution in [0.5, 0.6) is 0 Å². The van der Waals surface area contributed by atoms with Gasteiger partial charge in [-0.05, 0) is 37.0 Å². The van der Waals surface area contributed by atoms with E-state index in [2.05, 4.69) is 0 Å². The number of esters is 1. The minimum atomic E-state index is -0.865. The second-order valence-corrected chi connectivity index (χ2v) is 6.19. The van der Waals surface area contributed by atoms with Crippen molar-refractivity contribution < 1.29 is 14.3 Å². The lowest BCUT2D eigenvalue weighted by Crippen LogP contribution is -2.33. The van der Waals surface area contributed by atoms with Crippen LogP contribution >= 0.6 is 12.2 Å². The van der Waals surface area contributed by atoms with Crippen molar-refractivity contribution in [2.45, 2.75) is 33.6 Å². The highest BCUT2D eigenvalue weighted by Crippen LogP contribution is 2.75. The number of carbonyl (C=O) groups is 1. The molecule has 1 aromatic carbocycles. The molecule has 1 aliphatic carbocycles. The first-order valence-corrected chi connectivity index (χ1v) is 7.74. The fourth-order valence-corrected chi connectivity index (χ4v) is 3.99. The zero-order valence-electron chi connectivity index (χ0n) is 13.0. The van der Waals surface area contributed by atoms with E-state index in [1.807, 2.05) is 58.0 Å². The average molecular weight is 306 g/mol. The van der Waals surface area contributed by atoms with Crippen LogP contribution in [0.15, 0.2) is 30.3 Å². The molecule has 0 aromatic heterocycles. The second kappa shape index (κ2) is 5.76. The van der Waals surface area contributed by atoms with Gasteiger partial charge in [-0.1, -0.05) is 44.2 Å². The minimum absolute atomic E-state index is 0.00991. The van der Waals surface area contributed by atoms with E-state index in [1.165, 1.54) is 0 Å². The van der Waals surface area contributed by atoms with Gasteiger partial charge in [-0.2, -0.15) is 0 Å². The third-order valence-electron chi connectivity index (χ3n) is 4.42. The molecule has 2 rings (SSSR count). The van der Waals surface area contributed by atoms with Crippen LogP contribution in [-0.4, -0.2) is 24.2 Å². The van der Waals surface area contributed by atoms with Crippen molar-refractivity contribution in [1.82, 2.24) is 0 Å². The normalized spacial score (nSPS) is 26.0. The highest BCUT2D eigenvalue weighted by atomic mass is 32.1. The predicted molar refractivity (Wildman–Crippen MR) is 86.3 cm³/mol. The van der Waals surface area contributed by atoms with Crippen LogP contribution in [0.1, 0.15) is 39.2 Å². The molecule has 0 aliphatic heterocycles. The first kappa shape index (κ1) is 16.0. The summed E-state index contributed by atoms with van der Waals surface area (Å²) in [5.41, 5.74) is -0.0830. The van der Waals surface area contributed by atoms with E-state index in [9.17, 15) is 4.79 Å². The lowest BCUT2D eigenvalue weighted by molar-refractivity contribution is -0.148. The van der Waals surface area contributed by atoms with Gasteiger partial charge in [-0.3, -0.25) is 4.79 Å². The van der Waals surface area contributed by atoms with Crippen molar-refractivity contribution in [2.75, 3.05) is 13.2 Å². The monoisotopic (exact) mass is 306 g/mol. The smallest absolute Gasteiger partial charge is 0.321 e. The SMILES string of the molecule is CCOC(=O)C1(C(=S)OCC)C(c2ccccc2)C1(C)C. The molecule has 1 aliphatic rings. The van der Waals surface area contributed by atoms with Gasteiger partial charge in [0, 0.05) is 5.92 Å². The standard InChI is InChI=1S/C17H22O3S/c1-5-19-14(18)17(15(21)20-6-2)13(16(17,3)4)12-10-8-7-9-11-12/h7-11,13H,5-6H2,1-4H3. The summed E-state index contributed by atoms with van der Waals surface area (Å²) in [6.07, 6.45) is 0. The summed E-state index contributed by atoms with van der Waals surface area (Å²) in [4.78, 5) is 12.7. The topological polar surface area (TPSA) is 35.5 Å². The van der Waals surface area contributed by atoms with E-state index in [-0.39, 0.29) is 17.3 Å². The second-order valence-electron chi connectivity index (χ2n) is 5.81. The van der Waals surface area contributed by atoms with Crippen LogP contribution in [-0.2, 0) is 14.3 Å². The van der Waals surface area contributed by atoms with Gasteiger partial charge in [0.15, 0.2) is 5.05 Å².